The molecule has 3 fully saturated rings. The lowest BCUT2D eigenvalue weighted by atomic mass is 9.85. The molecule has 3 heterocycles. The molecule has 0 unspecified atom stereocenters. The molecule has 2 amide bonds. The number of nitrogens with one attached hydrogen (secondary N) is 1. The van der Waals surface area contributed by atoms with Gasteiger partial charge in [0.2, 0.25) is 11.8 Å². The zero-order chi connectivity index (χ0) is 32.6. The van der Waals surface area contributed by atoms with Crippen LogP contribution in [0, 0.1) is 17.3 Å². The number of ether oxygens (including phenoxy) is 3. The number of Topliss-reactive ketones (excluding diaryl/α,β-unsaturated/α-hetero) is 1. The number of alkyl carbamates (subject to hydrolysis) is 1. The van der Waals surface area contributed by atoms with Crippen molar-refractivity contribution in [2.24, 2.45) is 17.3 Å². The van der Waals surface area contributed by atoms with E-state index in [0.717, 1.165) is 74.7 Å². The Morgan fingerprint density at radius 3 is 2.48 bits per heavy atom. The maximum Gasteiger partial charge on any atom is 0.408 e. The van der Waals surface area contributed by atoms with Crippen LogP contribution < -0.4 is 14.8 Å². The Hall–Kier alpha value is -3.43. The average Bonchev–Trinajstić information content (AvgIpc) is 3.58. The number of nitrogens with zero attached hydrogens (tertiary/aromatic N) is 3. The number of fused-ring (bicyclic) bond motifs is 5. The second-order valence-electron chi connectivity index (χ2n) is 14.9. The number of benzene rings is 1. The maximum absolute atomic E-state index is 14.3. The van der Waals surface area contributed by atoms with Gasteiger partial charge in [-0.2, -0.15) is 0 Å². The topological polar surface area (TPSA) is 120 Å². The van der Waals surface area contributed by atoms with Crippen LogP contribution in [0.5, 0.6) is 11.6 Å². The summed E-state index contributed by atoms with van der Waals surface area (Å²) in [6, 6.07) is 4.29. The van der Waals surface area contributed by atoms with Crippen molar-refractivity contribution in [1.29, 1.82) is 0 Å². The fourth-order valence-electron chi connectivity index (χ4n) is 7.61. The van der Waals surface area contributed by atoms with E-state index in [1.54, 1.807) is 4.90 Å². The molecule has 0 spiro atoms. The van der Waals surface area contributed by atoms with E-state index in [1.807, 2.05) is 45.9 Å². The van der Waals surface area contributed by atoms with Crippen LogP contribution in [0.15, 0.2) is 18.2 Å². The van der Waals surface area contributed by atoms with Crippen molar-refractivity contribution in [3.63, 3.8) is 0 Å². The zero-order valence-electron chi connectivity index (χ0n) is 28.0. The molecule has 1 aromatic heterocycles. The molecule has 1 aromatic carbocycles. The first-order valence-corrected chi connectivity index (χ1v) is 17.4. The monoisotopic (exact) mass is 634 g/mol. The lowest BCUT2D eigenvalue weighted by Gasteiger charge is -2.35. The SMILES string of the molecule is CC[C@@H]1[C@@H]2CN(C(=O)[C@H](C(C)(C)C)NC(=O)O[C@@H]3CCC[C@H]3CCCCCc3nc4ccc(OC5CC5)cc4nc3O2)[C@@H]1C(C)=O. The summed E-state index contributed by atoms with van der Waals surface area (Å²) in [5.41, 5.74) is 1.67. The molecule has 1 saturated heterocycles. The Bertz CT molecular complexity index is 1450. The van der Waals surface area contributed by atoms with E-state index in [2.05, 4.69) is 5.32 Å². The summed E-state index contributed by atoms with van der Waals surface area (Å²) in [6.07, 6.45) is 9.43. The molecule has 46 heavy (non-hydrogen) atoms. The van der Waals surface area contributed by atoms with Crippen molar-refractivity contribution >= 4 is 28.8 Å². The van der Waals surface area contributed by atoms with Gasteiger partial charge in [0.1, 0.15) is 29.7 Å². The predicted octanol–water partition coefficient (Wildman–Crippen LogP) is 6.17. The standard InChI is InChI=1S/C36H50N4O6/c1-6-25-30-20-40(31(25)21(2)41)34(42)32(36(3,4)5)39-35(43)46-29-14-10-12-22(29)11-8-7-9-13-27-33(45-30)38-28-19-24(44-23-15-16-23)17-18-26(28)37-27/h17-19,22-23,25,29-32H,6-16,20H2,1-5H3,(H,39,43)/t22-,25-,29-,30+,31-,32-/m1/s1. The van der Waals surface area contributed by atoms with Crippen LogP contribution in [0.3, 0.4) is 0 Å². The van der Waals surface area contributed by atoms with E-state index in [9.17, 15) is 14.4 Å². The first-order chi connectivity index (χ1) is 22.0. The first-order valence-electron chi connectivity index (χ1n) is 17.4. The Balaban J connectivity index is 1.37. The summed E-state index contributed by atoms with van der Waals surface area (Å²) < 4.78 is 18.7. The summed E-state index contributed by atoms with van der Waals surface area (Å²) in [5, 5.41) is 2.92. The van der Waals surface area contributed by atoms with Gasteiger partial charge in [-0.25, -0.2) is 14.8 Å². The van der Waals surface area contributed by atoms with Gasteiger partial charge in [0.05, 0.1) is 29.7 Å². The third kappa shape index (κ3) is 7.10. The molecule has 10 heteroatoms. The Morgan fingerprint density at radius 1 is 0.978 bits per heavy atom. The summed E-state index contributed by atoms with van der Waals surface area (Å²) >= 11 is 0. The molecule has 2 aliphatic carbocycles. The van der Waals surface area contributed by atoms with Gasteiger partial charge in [-0.05, 0) is 88.2 Å². The highest BCUT2D eigenvalue weighted by Gasteiger charge is 2.50. The van der Waals surface area contributed by atoms with E-state index in [0.29, 0.717) is 30.2 Å². The van der Waals surface area contributed by atoms with Crippen molar-refractivity contribution in [2.45, 2.75) is 136 Å². The third-order valence-corrected chi connectivity index (χ3v) is 10.2. The van der Waals surface area contributed by atoms with E-state index in [4.69, 9.17) is 24.2 Å². The van der Waals surface area contributed by atoms with Crippen LogP contribution in [-0.2, 0) is 20.7 Å². The molecule has 250 valence electrons. The largest absolute Gasteiger partial charge is 0.490 e. The molecular weight excluding hydrogens is 584 g/mol. The Morgan fingerprint density at radius 2 is 1.76 bits per heavy atom. The van der Waals surface area contributed by atoms with E-state index in [1.165, 1.54) is 6.92 Å². The van der Waals surface area contributed by atoms with Crippen LogP contribution >= 0.6 is 0 Å². The van der Waals surface area contributed by atoms with Crippen molar-refractivity contribution < 1.29 is 28.6 Å². The van der Waals surface area contributed by atoms with Crippen molar-refractivity contribution in [2.75, 3.05) is 6.54 Å². The molecule has 10 nitrogen and oxygen atoms in total. The number of aryl methyl sites for hydroxylation is 1. The molecule has 6 atom stereocenters. The van der Waals surface area contributed by atoms with Crippen LogP contribution in [0.1, 0.15) is 105 Å². The predicted molar refractivity (Wildman–Crippen MR) is 174 cm³/mol. The summed E-state index contributed by atoms with van der Waals surface area (Å²) in [5.74, 6) is 0.895. The van der Waals surface area contributed by atoms with Gasteiger partial charge in [0, 0.05) is 12.0 Å². The van der Waals surface area contributed by atoms with Gasteiger partial charge in [-0.3, -0.25) is 9.59 Å². The number of carbonyl (C=O) groups is 3. The molecule has 2 bridgehead atoms. The molecule has 2 aromatic rings. The summed E-state index contributed by atoms with van der Waals surface area (Å²) in [7, 11) is 0. The number of amides is 2. The number of carbonyl (C=O) groups excluding carboxylic acids is 3. The van der Waals surface area contributed by atoms with E-state index >= 15 is 0 Å². The Labute approximate surface area is 272 Å². The van der Waals surface area contributed by atoms with E-state index in [-0.39, 0.29) is 36.4 Å². The van der Waals surface area contributed by atoms with Crippen LogP contribution in [-0.4, -0.2) is 69.6 Å². The highest BCUT2D eigenvalue weighted by Crippen LogP contribution is 2.37. The number of hydrogen-bond donors (Lipinski definition) is 1. The molecular formula is C36H50N4O6. The molecule has 4 aliphatic rings. The normalized spacial score (nSPS) is 29.5. The minimum Gasteiger partial charge on any atom is -0.490 e. The van der Waals surface area contributed by atoms with Gasteiger partial charge in [-0.15, -0.1) is 0 Å². The number of hydrogen-bond acceptors (Lipinski definition) is 8. The minimum atomic E-state index is -0.877. The first kappa shape index (κ1) is 32.5. The molecule has 1 N–H and O–H groups in total. The second-order valence-corrected chi connectivity index (χ2v) is 14.9. The van der Waals surface area contributed by atoms with Crippen LogP contribution in [0.25, 0.3) is 11.0 Å². The minimum absolute atomic E-state index is 0.104. The molecule has 6 rings (SSSR count). The molecule has 2 aliphatic heterocycles. The summed E-state index contributed by atoms with van der Waals surface area (Å²) in [6.45, 7) is 9.51. The fourth-order valence-corrected chi connectivity index (χ4v) is 7.61. The van der Waals surface area contributed by atoms with Gasteiger partial charge < -0.3 is 24.4 Å². The highest BCUT2D eigenvalue weighted by molar-refractivity contribution is 5.92. The maximum atomic E-state index is 14.3. The lowest BCUT2D eigenvalue weighted by Crippen LogP contribution is -2.57. The number of ketones is 1. The molecule has 2 saturated carbocycles. The molecule has 0 radical (unpaired) electrons. The van der Waals surface area contributed by atoms with Gasteiger partial charge in [0.15, 0.2) is 5.78 Å². The van der Waals surface area contributed by atoms with Crippen molar-refractivity contribution in [3.8, 4) is 11.6 Å². The van der Waals surface area contributed by atoms with Crippen molar-refractivity contribution in [3.05, 3.63) is 23.9 Å². The van der Waals surface area contributed by atoms with Crippen molar-refractivity contribution in [1.82, 2.24) is 20.2 Å². The Kier molecular flexibility index (Phi) is 9.44. The van der Waals surface area contributed by atoms with Gasteiger partial charge >= 0.3 is 6.09 Å². The smallest absolute Gasteiger partial charge is 0.408 e. The lowest BCUT2D eigenvalue weighted by molar-refractivity contribution is -0.141. The van der Waals surface area contributed by atoms with Crippen LogP contribution in [0.2, 0.25) is 0 Å². The number of aromatic nitrogens is 2. The van der Waals surface area contributed by atoms with Gasteiger partial charge in [-0.1, -0.05) is 40.5 Å². The average molecular weight is 635 g/mol. The van der Waals surface area contributed by atoms with Crippen LogP contribution in [0.4, 0.5) is 4.79 Å². The quantitative estimate of drug-likeness (QED) is 0.424. The third-order valence-electron chi connectivity index (χ3n) is 10.2. The fraction of sp³-hybridized carbons (Fsp3) is 0.694. The van der Waals surface area contributed by atoms with E-state index < -0.39 is 29.7 Å². The second kappa shape index (κ2) is 13.4. The van der Waals surface area contributed by atoms with Gasteiger partial charge in [0.25, 0.3) is 0 Å². The highest BCUT2D eigenvalue weighted by atomic mass is 16.6. The number of rotatable bonds is 4. The summed E-state index contributed by atoms with van der Waals surface area (Å²) in [4.78, 5) is 52.5. The zero-order valence-corrected chi connectivity index (χ0v) is 28.0.